The summed E-state index contributed by atoms with van der Waals surface area (Å²) < 4.78 is 10.1. The lowest BCUT2D eigenvalue weighted by Gasteiger charge is -2.35. The molecule has 0 aliphatic carbocycles. The second-order valence-corrected chi connectivity index (χ2v) is 4.17. The van der Waals surface area contributed by atoms with Crippen LogP contribution in [0.25, 0.3) is 0 Å². The number of aromatic nitrogens is 1. The van der Waals surface area contributed by atoms with Crippen molar-refractivity contribution in [2.45, 2.75) is 13.0 Å². The standard InChI is InChI=1S/C12H17N3O3/c1-8-3-4-14-11(10(8)13)15-5-6-18-7-9(15)12(16)17-2/h3-4,9H,5-7,13H2,1-2H3. The van der Waals surface area contributed by atoms with Crippen molar-refractivity contribution < 1.29 is 14.3 Å². The minimum absolute atomic E-state index is 0.293. The van der Waals surface area contributed by atoms with Crippen LogP contribution in [0, 0.1) is 6.92 Å². The van der Waals surface area contributed by atoms with Crippen LogP contribution in [0.4, 0.5) is 11.5 Å². The second-order valence-electron chi connectivity index (χ2n) is 4.17. The minimum atomic E-state index is -0.486. The molecule has 1 aromatic heterocycles. The topological polar surface area (TPSA) is 77.7 Å². The molecule has 1 unspecified atom stereocenters. The molecule has 1 fully saturated rings. The fourth-order valence-corrected chi connectivity index (χ4v) is 1.97. The number of carbonyl (C=O) groups is 1. The molecule has 1 atom stereocenters. The van der Waals surface area contributed by atoms with Crippen molar-refractivity contribution in [1.82, 2.24) is 4.98 Å². The van der Waals surface area contributed by atoms with Crippen molar-refractivity contribution in [2.24, 2.45) is 0 Å². The fraction of sp³-hybridized carbons (Fsp3) is 0.500. The quantitative estimate of drug-likeness (QED) is 0.764. The van der Waals surface area contributed by atoms with Crippen LogP contribution in [0.1, 0.15) is 5.56 Å². The van der Waals surface area contributed by atoms with Crippen LogP contribution in [-0.2, 0) is 14.3 Å². The van der Waals surface area contributed by atoms with Gasteiger partial charge in [-0.3, -0.25) is 0 Å². The lowest BCUT2D eigenvalue weighted by Crippen LogP contribution is -2.51. The van der Waals surface area contributed by atoms with Gasteiger partial charge in [0.2, 0.25) is 0 Å². The van der Waals surface area contributed by atoms with Crippen LogP contribution < -0.4 is 10.6 Å². The SMILES string of the molecule is COC(=O)C1COCCN1c1nccc(C)c1N. The van der Waals surface area contributed by atoms with Gasteiger partial charge in [-0.25, -0.2) is 9.78 Å². The molecule has 0 amide bonds. The highest BCUT2D eigenvalue weighted by atomic mass is 16.5. The van der Waals surface area contributed by atoms with Gasteiger partial charge in [0, 0.05) is 12.7 Å². The molecule has 2 N–H and O–H groups in total. The molecule has 0 aromatic carbocycles. The minimum Gasteiger partial charge on any atom is -0.467 e. The number of carbonyl (C=O) groups excluding carboxylic acids is 1. The third-order valence-corrected chi connectivity index (χ3v) is 3.06. The molecular weight excluding hydrogens is 234 g/mol. The third kappa shape index (κ3) is 2.24. The van der Waals surface area contributed by atoms with Gasteiger partial charge < -0.3 is 20.1 Å². The van der Waals surface area contributed by atoms with E-state index in [-0.39, 0.29) is 5.97 Å². The maximum atomic E-state index is 11.7. The van der Waals surface area contributed by atoms with Crippen molar-refractivity contribution in [3.05, 3.63) is 17.8 Å². The molecule has 0 radical (unpaired) electrons. The number of ether oxygens (including phenoxy) is 2. The molecule has 1 aromatic rings. The molecular formula is C12H17N3O3. The van der Waals surface area contributed by atoms with Crippen molar-refractivity contribution in [2.75, 3.05) is 37.5 Å². The summed E-state index contributed by atoms with van der Waals surface area (Å²) in [7, 11) is 1.36. The highest BCUT2D eigenvalue weighted by Gasteiger charge is 2.32. The van der Waals surface area contributed by atoms with E-state index in [4.69, 9.17) is 15.2 Å². The Bertz CT molecular complexity index is 450. The molecule has 2 rings (SSSR count). The molecule has 0 saturated carbocycles. The van der Waals surface area contributed by atoms with Gasteiger partial charge in [0.25, 0.3) is 0 Å². The Hall–Kier alpha value is -1.82. The zero-order chi connectivity index (χ0) is 13.1. The zero-order valence-corrected chi connectivity index (χ0v) is 10.5. The number of esters is 1. The van der Waals surface area contributed by atoms with Crippen molar-refractivity contribution in [3.63, 3.8) is 0 Å². The summed E-state index contributed by atoms with van der Waals surface area (Å²) in [5, 5.41) is 0. The highest BCUT2D eigenvalue weighted by Crippen LogP contribution is 2.26. The lowest BCUT2D eigenvalue weighted by atomic mass is 10.2. The summed E-state index contributed by atoms with van der Waals surface area (Å²) in [5.41, 5.74) is 7.55. The first-order chi connectivity index (χ1) is 8.65. The predicted molar refractivity (Wildman–Crippen MR) is 67.4 cm³/mol. The molecule has 98 valence electrons. The number of hydrogen-bond acceptors (Lipinski definition) is 6. The number of nitrogens with zero attached hydrogens (tertiary/aromatic N) is 2. The number of morpholine rings is 1. The third-order valence-electron chi connectivity index (χ3n) is 3.06. The van der Waals surface area contributed by atoms with Gasteiger partial charge in [0.1, 0.15) is 0 Å². The van der Waals surface area contributed by atoms with Crippen molar-refractivity contribution >= 4 is 17.5 Å². The van der Waals surface area contributed by atoms with E-state index in [0.29, 0.717) is 31.3 Å². The summed E-state index contributed by atoms with van der Waals surface area (Å²) in [6.07, 6.45) is 1.69. The van der Waals surface area contributed by atoms with Crippen LogP contribution in [0.5, 0.6) is 0 Å². The number of hydrogen-bond donors (Lipinski definition) is 1. The average molecular weight is 251 g/mol. The van der Waals surface area contributed by atoms with Crippen LogP contribution >= 0.6 is 0 Å². The number of anilines is 2. The number of pyridine rings is 1. The summed E-state index contributed by atoms with van der Waals surface area (Å²) in [4.78, 5) is 17.8. The number of methoxy groups -OCH3 is 1. The van der Waals surface area contributed by atoms with Crippen LogP contribution in [0.2, 0.25) is 0 Å². The number of nitrogen functional groups attached to an aromatic ring is 1. The van der Waals surface area contributed by atoms with E-state index >= 15 is 0 Å². The van der Waals surface area contributed by atoms with Crippen molar-refractivity contribution in [1.29, 1.82) is 0 Å². The van der Waals surface area contributed by atoms with E-state index < -0.39 is 6.04 Å². The van der Waals surface area contributed by atoms with E-state index in [1.165, 1.54) is 7.11 Å². The van der Waals surface area contributed by atoms with E-state index in [1.807, 2.05) is 17.9 Å². The summed E-state index contributed by atoms with van der Waals surface area (Å²) >= 11 is 0. The van der Waals surface area contributed by atoms with Crippen LogP contribution in [-0.4, -0.2) is 43.9 Å². The van der Waals surface area contributed by atoms with Gasteiger partial charge in [-0.2, -0.15) is 0 Å². The van der Waals surface area contributed by atoms with Gasteiger partial charge in [0.15, 0.2) is 11.9 Å². The van der Waals surface area contributed by atoms with Gasteiger partial charge in [0.05, 0.1) is 26.0 Å². The summed E-state index contributed by atoms with van der Waals surface area (Å²) in [6, 6.07) is 1.35. The lowest BCUT2D eigenvalue weighted by molar-refractivity contribution is -0.144. The monoisotopic (exact) mass is 251 g/mol. The van der Waals surface area contributed by atoms with Gasteiger partial charge in [-0.1, -0.05) is 0 Å². The van der Waals surface area contributed by atoms with Crippen molar-refractivity contribution in [3.8, 4) is 0 Å². The van der Waals surface area contributed by atoms with Gasteiger partial charge in [-0.15, -0.1) is 0 Å². The maximum absolute atomic E-state index is 11.7. The van der Waals surface area contributed by atoms with Gasteiger partial charge >= 0.3 is 5.97 Å². The first kappa shape index (κ1) is 12.6. The normalized spacial score (nSPS) is 19.7. The molecule has 0 bridgehead atoms. The van der Waals surface area contributed by atoms with E-state index in [1.54, 1.807) is 6.20 Å². The van der Waals surface area contributed by atoms with Gasteiger partial charge in [-0.05, 0) is 18.6 Å². The Morgan fingerprint density at radius 1 is 1.67 bits per heavy atom. The Balaban J connectivity index is 2.34. The summed E-state index contributed by atoms with van der Waals surface area (Å²) in [5.74, 6) is 0.283. The van der Waals surface area contributed by atoms with E-state index in [0.717, 1.165) is 5.56 Å². The number of rotatable bonds is 2. The van der Waals surface area contributed by atoms with Crippen LogP contribution in [0.3, 0.4) is 0 Å². The zero-order valence-electron chi connectivity index (χ0n) is 10.5. The highest BCUT2D eigenvalue weighted by molar-refractivity contribution is 5.82. The predicted octanol–water partition coefficient (Wildman–Crippen LogP) is 0.350. The van der Waals surface area contributed by atoms with E-state index in [2.05, 4.69) is 4.98 Å². The van der Waals surface area contributed by atoms with E-state index in [9.17, 15) is 4.79 Å². The maximum Gasteiger partial charge on any atom is 0.330 e. The first-order valence-electron chi connectivity index (χ1n) is 5.78. The Kier molecular flexibility index (Phi) is 3.66. The van der Waals surface area contributed by atoms with Crippen LogP contribution in [0.15, 0.2) is 12.3 Å². The second kappa shape index (κ2) is 5.22. The smallest absolute Gasteiger partial charge is 0.330 e. The molecule has 1 aliphatic rings. The Morgan fingerprint density at radius 3 is 3.17 bits per heavy atom. The molecule has 1 aliphatic heterocycles. The molecule has 18 heavy (non-hydrogen) atoms. The first-order valence-corrected chi connectivity index (χ1v) is 5.78. The number of aryl methyl sites for hydroxylation is 1. The molecule has 2 heterocycles. The Labute approximate surface area is 106 Å². The average Bonchev–Trinajstić information content (AvgIpc) is 2.41. The largest absolute Gasteiger partial charge is 0.467 e. The fourth-order valence-electron chi connectivity index (χ4n) is 1.97. The molecule has 1 saturated heterocycles. The molecule has 6 heteroatoms. The summed E-state index contributed by atoms with van der Waals surface area (Å²) in [6.45, 7) is 3.32. The molecule has 6 nitrogen and oxygen atoms in total. The number of nitrogens with two attached hydrogens (primary N) is 1. The Morgan fingerprint density at radius 2 is 2.44 bits per heavy atom. The molecule has 0 spiro atoms.